The average Bonchev–Trinajstić information content (AvgIpc) is 2.04. The Morgan fingerprint density at radius 2 is 2.25 bits per heavy atom. The van der Waals surface area contributed by atoms with E-state index in [1.165, 1.54) is 12.3 Å². The van der Waals surface area contributed by atoms with E-state index in [1.54, 1.807) is 19.0 Å². The summed E-state index contributed by atoms with van der Waals surface area (Å²) >= 11 is 0. The van der Waals surface area contributed by atoms with Gasteiger partial charge in [-0.05, 0) is 6.07 Å². The third-order valence-electron chi connectivity index (χ3n) is 1.30. The van der Waals surface area contributed by atoms with Crippen molar-refractivity contribution in [3.05, 3.63) is 18.0 Å². The number of rotatable bonds is 2. The van der Waals surface area contributed by atoms with Gasteiger partial charge in [0.2, 0.25) is 5.95 Å². The van der Waals surface area contributed by atoms with Gasteiger partial charge in [-0.15, -0.1) is 0 Å². The van der Waals surface area contributed by atoms with Gasteiger partial charge in [-0.2, -0.15) is 0 Å². The zero-order valence-electron chi connectivity index (χ0n) is 6.98. The molecule has 0 aliphatic carbocycles. The Morgan fingerprint density at radius 1 is 1.58 bits per heavy atom. The van der Waals surface area contributed by atoms with Crippen molar-refractivity contribution in [2.24, 2.45) is 5.73 Å². The first kappa shape index (κ1) is 8.45. The molecule has 0 saturated carbocycles. The Kier molecular flexibility index (Phi) is 2.23. The van der Waals surface area contributed by atoms with E-state index in [1.807, 2.05) is 0 Å². The fraction of sp³-hybridized carbons (Fsp3) is 0.286. The summed E-state index contributed by atoms with van der Waals surface area (Å²) in [6.07, 6.45) is 1.50. The van der Waals surface area contributed by atoms with E-state index in [2.05, 4.69) is 9.97 Å². The molecule has 5 heteroatoms. The van der Waals surface area contributed by atoms with E-state index in [4.69, 9.17) is 5.73 Å². The molecule has 2 N–H and O–H groups in total. The summed E-state index contributed by atoms with van der Waals surface area (Å²) < 4.78 is 0. The van der Waals surface area contributed by atoms with E-state index in [9.17, 15) is 4.79 Å². The highest BCUT2D eigenvalue weighted by molar-refractivity contribution is 5.90. The molecule has 0 unspecified atom stereocenters. The van der Waals surface area contributed by atoms with Crippen LogP contribution in [-0.4, -0.2) is 30.0 Å². The zero-order chi connectivity index (χ0) is 9.14. The lowest BCUT2D eigenvalue weighted by molar-refractivity contribution is 0.0995. The molecule has 0 aliphatic heterocycles. The molecule has 64 valence electrons. The van der Waals surface area contributed by atoms with Crippen LogP contribution in [0.5, 0.6) is 0 Å². The first-order valence-electron chi connectivity index (χ1n) is 3.41. The standard InChI is InChI=1S/C7H10N4O/c1-11(2)7-9-4-3-5(10-7)6(8)12/h3-4H,1-2H3,(H2,8,12). The van der Waals surface area contributed by atoms with Crippen LogP contribution >= 0.6 is 0 Å². The Hall–Kier alpha value is -1.65. The van der Waals surface area contributed by atoms with Crippen LogP contribution in [0, 0.1) is 0 Å². The van der Waals surface area contributed by atoms with Gasteiger partial charge in [0.15, 0.2) is 0 Å². The van der Waals surface area contributed by atoms with Crippen molar-refractivity contribution in [1.82, 2.24) is 9.97 Å². The van der Waals surface area contributed by atoms with Gasteiger partial charge >= 0.3 is 0 Å². The van der Waals surface area contributed by atoms with Crippen LogP contribution in [0.4, 0.5) is 5.95 Å². The molecule has 0 spiro atoms. The molecule has 0 aliphatic rings. The molecule has 0 bridgehead atoms. The molecule has 0 aromatic carbocycles. The van der Waals surface area contributed by atoms with E-state index >= 15 is 0 Å². The van der Waals surface area contributed by atoms with Crippen molar-refractivity contribution >= 4 is 11.9 Å². The predicted octanol–water partition coefficient (Wildman–Crippen LogP) is -0.358. The number of carbonyl (C=O) groups is 1. The lowest BCUT2D eigenvalue weighted by Crippen LogP contribution is -2.18. The second-order valence-electron chi connectivity index (χ2n) is 2.50. The summed E-state index contributed by atoms with van der Waals surface area (Å²) in [6.45, 7) is 0. The van der Waals surface area contributed by atoms with E-state index < -0.39 is 5.91 Å². The van der Waals surface area contributed by atoms with Crippen LogP contribution in [-0.2, 0) is 0 Å². The lowest BCUT2D eigenvalue weighted by atomic mass is 10.4. The Morgan fingerprint density at radius 3 is 2.75 bits per heavy atom. The minimum Gasteiger partial charge on any atom is -0.364 e. The van der Waals surface area contributed by atoms with Crippen LogP contribution in [0.1, 0.15) is 10.5 Å². The number of hydrogen-bond acceptors (Lipinski definition) is 4. The molecule has 0 saturated heterocycles. The number of anilines is 1. The van der Waals surface area contributed by atoms with E-state index in [0.29, 0.717) is 5.95 Å². The molecule has 0 radical (unpaired) electrons. The average molecular weight is 166 g/mol. The SMILES string of the molecule is CN(C)c1nccc(C(N)=O)n1. The molecule has 0 fully saturated rings. The molecule has 0 atom stereocenters. The van der Waals surface area contributed by atoms with Crippen molar-refractivity contribution in [3.63, 3.8) is 0 Å². The van der Waals surface area contributed by atoms with Crippen molar-refractivity contribution < 1.29 is 4.79 Å². The van der Waals surface area contributed by atoms with Crippen LogP contribution in [0.3, 0.4) is 0 Å². The fourth-order valence-electron chi connectivity index (χ4n) is 0.701. The summed E-state index contributed by atoms with van der Waals surface area (Å²) in [5, 5.41) is 0. The monoisotopic (exact) mass is 166 g/mol. The van der Waals surface area contributed by atoms with Gasteiger partial charge in [-0.25, -0.2) is 9.97 Å². The highest BCUT2D eigenvalue weighted by Crippen LogP contribution is 2.01. The molecule has 5 nitrogen and oxygen atoms in total. The fourth-order valence-corrected chi connectivity index (χ4v) is 0.701. The number of amides is 1. The van der Waals surface area contributed by atoms with Gasteiger partial charge in [0.05, 0.1) is 0 Å². The summed E-state index contributed by atoms with van der Waals surface area (Å²) in [6, 6.07) is 1.48. The maximum atomic E-state index is 10.7. The van der Waals surface area contributed by atoms with Gasteiger partial charge in [0, 0.05) is 20.3 Å². The molecule has 12 heavy (non-hydrogen) atoms. The largest absolute Gasteiger partial charge is 0.364 e. The third-order valence-corrected chi connectivity index (χ3v) is 1.30. The first-order valence-corrected chi connectivity index (χ1v) is 3.41. The van der Waals surface area contributed by atoms with Crippen molar-refractivity contribution in [3.8, 4) is 0 Å². The summed E-state index contributed by atoms with van der Waals surface area (Å²) in [5.41, 5.74) is 5.27. The second kappa shape index (κ2) is 3.17. The molecule has 1 heterocycles. The van der Waals surface area contributed by atoms with Gasteiger partial charge in [-0.1, -0.05) is 0 Å². The molecule has 1 aromatic heterocycles. The minimum atomic E-state index is -0.541. The van der Waals surface area contributed by atoms with Gasteiger partial charge in [0.25, 0.3) is 5.91 Å². The lowest BCUT2D eigenvalue weighted by Gasteiger charge is -2.08. The first-order chi connectivity index (χ1) is 5.61. The zero-order valence-corrected chi connectivity index (χ0v) is 6.98. The maximum absolute atomic E-state index is 10.7. The molecule has 1 rings (SSSR count). The molecular formula is C7H10N4O. The number of nitrogens with two attached hydrogens (primary N) is 1. The predicted molar refractivity (Wildman–Crippen MR) is 44.9 cm³/mol. The van der Waals surface area contributed by atoms with Gasteiger partial charge < -0.3 is 10.6 Å². The van der Waals surface area contributed by atoms with Crippen LogP contribution < -0.4 is 10.6 Å². The minimum absolute atomic E-state index is 0.230. The highest BCUT2D eigenvalue weighted by Gasteiger charge is 2.04. The Balaban J connectivity index is 3.04. The number of primary amides is 1. The van der Waals surface area contributed by atoms with Crippen LogP contribution in [0.25, 0.3) is 0 Å². The normalized spacial score (nSPS) is 9.50. The Labute approximate surface area is 70.2 Å². The highest BCUT2D eigenvalue weighted by atomic mass is 16.1. The number of hydrogen-bond donors (Lipinski definition) is 1. The van der Waals surface area contributed by atoms with Crippen LogP contribution in [0.15, 0.2) is 12.3 Å². The van der Waals surface area contributed by atoms with E-state index in [-0.39, 0.29) is 5.69 Å². The van der Waals surface area contributed by atoms with Gasteiger partial charge in [0.1, 0.15) is 5.69 Å². The maximum Gasteiger partial charge on any atom is 0.267 e. The summed E-state index contributed by atoms with van der Waals surface area (Å²) in [7, 11) is 3.58. The number of aromatic nitrogens is 2. The molecule has 1 aromatic rings. The summed E-state index contributed by atoms with van der Waals surface area (Å²) in [5.74, 6) is -0.0631. The van der Waals surface area contributed by atoms with Crippen molar-refractivity contribution in [2.75, 3.05) is 19.0 Å². The third kappa shape index (κ3) is 1.69. The Bertz CT molecular complexity index is 297. The second-order valence-corrected chi connectivity index (χ2v) is 2.50. The van der Waals surface area contributed by atoms with Crippen LogP contribution in [0.2, 0.25) is 0 Å². The number of carbonyl (C=O) groups excluding carboxylic acids is 1. The van der Waals surface area contributed by atoms with Crippen molar-refractivity contribution in [2.45, 2.75) is 0 Å². The van der Waals surface area contributed by atoms with Crippen molar-refractivity contribution in [1.29, 1.82) is 0 Å². The van der Waals surface area contributed by atoms with E-state index in [0.717, 1.165) is 0 Å². The molecular weight excluding hydrogens is 156 g/mol. The van der Waals surface area contributed by atoms with Gasteiger partial charge in [-0.3, -0.25) is 4.79 Å². The smallest absolute Gasteiger partial charge is 0.267 e. The summed E-state index contributed by atoms with van der Waals surface area (Å²) in [4.78, 5) is 20.2. The number of nitrogens with zero attached hydrogens (tertiary/aromatic N) is 3. The quantitative estimate of drug-likeness (QED) is 0.651. The molecule has 1 amide bonds. The topological polar surface area (TPSA) is 72.1 Å².